The zero-order valence-corrected chi connectivity index (χ0v) is 17.6. The van der Waals surface area contributed by atoms with Crippen molar-refractivity contribution >= 4 is 35.3 Å². The highest BCUT2D eigenvalue weighted by Crippen LogP contribution is 2.17. The third-order valence-electron chi connectivity index (χ3n) is 4.60. The van der Waals surface area contributed by atoms with Gasteiger partial charge in [-0.25, -0.2) is 4.68 Å². The van der Waals surface area contributed by atoms with Crippen LogP contribution >= 0.6 is 23.8 Å². The van der Waals surface area contributed by atoms with Crippen LogP contribution in [0.1, 0.15) is 16.2 Å². The van der Waals surface area contributed by atoms with Gasteiger partial charge < -0.3 is 5.32 Å². The molecule has 1 heterocycles. The van der Waals surface area contributed by atoms with Gasteiger partial charge in [0, 0.05) is 22.0 Å². The molecule has 1 N–H and O–H groups in total. The molecule has 0 aliphatic rings. The summed E-state index contributed by atoms with van der Waals surface area (Å²) in [5, 5.41) is 8.66. The Hall–Kier alpha value is -3.22. The summed E-state index contributed by atoms with van der Waals surface area (Å²) in [6, 6.07) is 26.4. The molecule has 0 aliphatic carbocycles. The van der Waals surface area contributed by atoms with Crippen LogP contribution in [0.3, 0.4) is 0 Å². The summed E-state index contributed by atoms with van der Waals surface area (Å²) in [4.78, 5) is 12.7. The second-order valence-corrected chi connectivity index (χ2v) is 7.48. The molecule has 1 aromatic heterocycles. The maximum Gasteiger partial charge on any atom is 0.203 e. The summed E-state index contributed by atoms with van der Waals surface area (Å²) in [7, 11) is 0. The van der Waals surface area contributed by atoms with Crippen molar-refractivity contribution in [2.24, 2.45) is 0 Å². The summed E-state index contributed by atoms with van der Waals surface area (Å²) in [5.41, 5.74) is 2.45. The van der Waals surface area contributed by atoms with E-state index in [1.54, 1.807) is 16.8 Å². The van der Waals surface area contributed by atoms with Gasteiger partial charge in [-0.05, 0) is 48.6 Å². The molecule has 7 heteroatoms. The molecule has 0 fully saturated rings. The highest BCUT2D eigenvalue weighted by molar-refractivity contribution is 7.71. The van der Waals surface area contributed by atoms with Gasteiger partial charge in [-0.1, -0.05) is 60.1 Å². The molecule has 0 bridgehead atoms. The number of rotatable bonds is 7. The molecular weight excluding hydrogens is 416 g/mol. The lowest BCUT2D eigenvalue weighted by Gasteiger charge is -2.08. The lowest BCUT2D eigenvalue weighted by Crippen LogP contribution is -2.12. The standard InChI is InChI=1S/C23H19ClN4OS/c24-18-11-13-19(14-12-18)25-15-22-26-27(16-21(29)17-7-3-1-4-8-17)23(30)28(22)20-9-5-2-6-10-20/h1-14,25H,15-16H2. The number of benzene rings is 3. The Labute approximate surface area is 184 Å². The number of nitrogens with one attached hydrogen (secondary N) is 1. The van der Waals surface area contributed by atoms with E-state index < -0.39 is 0 Å². The molecule has 30 heavy (non-hydrogen) atoms. The first-order chi connectivity index (χ1) is 14.6. The molecule has 3 aromatic carbocycles. The number of nitrogens with zero attached hydrogens (tertiary/aromatic N) is 3. The van der Waals surface area contributed by atoms with Crippen LogP contribution in [0.5, 0.6) is 0 Å². The minimum atomic E-state index is -0.0402. The van der Waals surface area contributed by atoms with Crippen molar-refractivity contribution in [1.82, 2.24) is 14.3 Å². The first kappa shape index (κ1) is 20.1. The molecule has 0 amide bonds. The minimum Gasteiger partial charge on any atom is -0.378 e. The van der Waals surface area contributed by atoms with Crippen LogP contribution in [0.2, 0.25) is 5.02 Å². The molecular formula is C23H19ClN4OS. The molecule has 0 atom stereocenters. The maximum absolute atomic E-state index is 12.7. The van der Waals surface area contributed by atoms with Crippen molar-refractivity contribution in [2.45, 2.75) is 13.1 Å². The van der Waals surface area contributed by atoms with Crippen molar-refractivity contribution in [2.75, 3.05) is 5.32 Å². The number of Topliss-reactive ketones (excluding diaryl/α,β-unsaturated/α-hetero) is 1. The van der Waals surface area contributed by atoms with Gasteiger partial charge in [0.05, 0.1) is 6.54 Å². The van der Waals surface area contributed by atoms with Gasteiger partial charge in [0.25, 0.3) is 0 Å². The lowest BCUT2D eigenvalue weighted by atomic mass is 10.1. The quantitative estimate of drug-likeness (QED) is 0.306. The number of aromatic nitrogens is 3. The van der Waals surface area contributed by atoms with E-state index in [9.17, 15) is 4.79 Å². The zero-order chi connectivity index (χ0) is 20.9. The summed E-state index contributed by atoms with van der Waals surface area (Å²) >= 11 is 11.6. The average Bonchev–Trinajstić information content (AvgIpc) is 3.09. The van der Waals surface area contributed by atoms with Crippen molar-refractivity contribution in [3.05, 3.63) is 106 Å². The van der Waals surface area contributed by atoms with Crippen LogP contribution in [-0.4, -0.2) is 20.1 Å². The Morgan fingerprint density at radius 3 is 2.23 bits per heavy atom. The molecule has 150 valence electrons. The lowest BCUT2D eigenvalue weighted by molar-refractivity contribution is 0.0967. The Kier molecular flexibility index (Phi) is 6.07. The monoisotopic (exact) mass is 434 g/mol. The van der Waals surface area contributed by atoms with Gasteiger partial charge in [0.2, 0.25) is 4.77 Å². The smallest absolute Gasteiger partial charge is 0.203 e. The van der Waals surface area contributed by atoms with E-state index in [0.29, 0.717) is 27.7 Å². The van der Waals surface area contributed by atoms with Crippen LogP contribution in [0.4, 0.5) is 5.69 Å². The second kappa shape index (κ2) is 9.07. The average molecular weight is 435 g/mol. The Morgan fingerprint density at radius 2 is 1.57 bits per heavy atom. The van der Waals surface area contributed by atoms with Crippen LogP contribution in [0.25, 0.3) is 5.69 Å². The van der Waals surface area contributed by atoms with Gasteiger partial charge in [-0.2, -0.15) is 5.10 Å². The topological polar surface area (TPSA) is 51.9 Å². The van der Waals surface area contributed by atoms with E-state index in [0.717, 1.165) is 11.4 Å². The highest BCUT2D eigenvalue weighted by Gasteiger charge is 2.15. The van der Waals surface area contributed by atoms with Crippen LogP contribution in [0.15, 0.2) is 84.9 Å². The van der Waals surface area contributed by atoms with Crippen LogP contribution < -0.4 is 5.32 Å². The number of anilines is 1. The van der Waals surface area contributed by atoms with Crippen molar-refractivity contribution < 1.29 is 4.79 Å². The van der Waals surface area contributed by atoms with Gasteiger partial charge in [-0.3, -0.25) is 9.36 Å². The molecule has 0 saturated carbocycles. The Balaban J connectivity index is 1.65. The van der Waals surface area contributed by atoms with E-state index in [-0.39, 0.29) is 12.3 Å². The van der Waals surface area contributed by atoms with Gasteiger partial charge in [0.15, 0.2) is 11.6 Å². The third kappa shape index (κ3) is 4.50. The molecule has 0 unspecified atom stereocenters. The first-order valence-electron chi connectivity index (χ1n) is 9.43. The summed E-state index contributed by atoms with van der Waals surface area (Å²) in [6.45, 7) is 0.517. The molecule has 0 aliphatic heterocycles. The van der Waals surface area contributed by atoms with Crippen LogP contribution in [0, 0.1) is 4.77 Å². The molecule has 0 saturated heterocycles. The molecule has 4 rings (SSSR count). The molecule has 5 nitrogen and oxygen atoms in total. The summed E-state index contributed by atoms with van der Waals surface area (Å²) in [6.07, 6.45) is 0. The summed E-state index contributed by atoms with van der Waals surface area (Å²) in [5.74, 6) is 0.670. The molecule has 4 aromatic rings. The van der Waals surface area contributed by atoms with E-state index >= 15 is 0 Å². The van der Waals surface area contributed by atoms with Gasteiger partial charge in [0.1, 0.15) is 6.54 Å². The minimum absolute atomic E-state index is 0.0402. The number of carbonyl (C=O) groups excluding carboxylic acids is 1. The Bertz CT molecular complexity index is 1200. The van der Waals surface area contributed by atoms with E-state index in [2.05, 4.69) is 10.4 Å². The third-order valence-corrected chi connectivity index (χ3v) is 5.25. The van der Waals surface area contributed by atoms with E-state index in [1.165, 1.54) is 0 Å². The predicted octanol–water partition coefficient (Wildman–Crippen LogP) is 5.55. The highest BCUT2D eigenvalue weighted by atomic mass is 35.5. The number of ketones is 1. The fourth-order valence-corrected chi connectivity index (χ4v) is 3.55. The number of hydrogen-bond acceptors (Lipinski definition) is 4. The van der Waals surface area contributed by atoms with E-state index in [4.69, 9.17) is 23.8 Å². The van der Waals surface area contributed by atoms with Gasteiger partial charge in [-0.15, -0.1) is 0 Å². The van der Waals surface area contributed by atoms with E-state index in [1.807, 2.05) is 77.4 Å². The second-order valence-electron chi connectivity index (χ2n) is 6.68. The zero-order valence-electron chi connectivity index (χ0n) is 16.0. The predicted molar refractivity (Wildman–Crippen MR) is 122 cm³/mol. The molecule has 0 spiro atoms. The number of carbonyl (C=O) groups is 1. The fraction of sp³-hybridized carbons (Fsp3) is 0.0870. The molecule has 0 radical (unpaired) electrons. The van der Waals surface area contributed by atoms with Crippen LogP contribution in [-0.2, 0) is 13.1 Å². The van der Waals surface area contributed by atoms with Crippen molar-refractivity contribution in [3.63, 3.8) is 0 Å². The number of hydrogen-bond donors (Lipinski definition) is 1. The Morgan fingerprint density at radius 1 is 0.933 bits per heavy atom. The SMILES string of the molecule is O=C(Cn1nc(CNc2ccc(Cl)cc2)n(-c2ccccc2)c1=S)c1ccccc1. The largest absolute Gasteiger partial charge is 0.378 e. The van der Waals surface area contributed by atoms with Crippen molar-refractivity contribution in [1.29, 1.82) is 0 Å². The maximum atomic E-state index is 12.7. The van der Waals surface area contributed by atoms with Crippen molar-refractivity contribution in [3.8, 4) is 5.69 Å². The number of halogens is 1. The normalized spacial score (nSPS) is 10.7. The summed E-state index contributed by atoms with van der Waals surface area (Å²) < 4.78 is 3.94. The van der Waals surface area contributed by atoms with Gasteiger partial charge >= 0.3 is 0 Å². The number of para-hydroxylation sites is 1. The first-order valence-corrected chi connectivity index (χ1v) is 10.2. The fourth-order valence-electron chi connectivity index (χ4n) is 3.11.